The van der Waals surface area contributed by atoms with Gasteiger partial charge >= 0.3 is 0 Å². The molecule has 1 heterocycles. The molecule has 0 radical (unpaired) electrons. The number of hydrogen-bond donors (Lipinski definition) is 1. The van der Waals surface area contributed by atoms with Crippen molar-refractivity contribution < 1.29 is 9.52 Å². The summed E-state index contributed by atoms with van der Waals surface area (Å²) in [5.74, 6) is 1.13. The first-order valence-corrected chi connectivity index (χ1v) is 7.89. The molecule has 3 rings (SSSR count). The molecular weight excluding hydrogens is 316 g/mol. The fourth-order valence-corrected chi connectivity index (χ4v) is 2.55. The smallest absolute Gasteiger partial charge is 0.247 e. The molecule has 3 aromatic rings. The van der Waals surface area contributed by atoms with E-state index < -0.39 is 0 Å². The normalized spacial score (nSPS) is 12.1. The maximum absolute atomic E-state index is 9.62. The van der Waals surface area contributed by atoms with Gasteiger partial charge in [-0.15, -0.1) is 10.2 Å². The van der Waals surface area contributed by atoms with E-state index in [1.807, 2.05) is 32.2 Å². The van der Waals surface area contributed by atoms with Crippen molar-refractivity contribution in [3.8, 4) is 23.3 Å². The number of phenolic OH excluding ortho intramolecular Hbond substituents is 1. The van der Waals surface area contributed by atoms with Crippen LogP contribution in [0.15, 0.2) is 52.9 Å². The van der Waals surface area contributed by atoms with E-state index in [4.69, 9.17) is 9.68 Å². The van der Waals surface area contributed by atoms with Crippen LogP contribution in [0.3, 0.4) is 0 Å². The number of nitriles is 1. The van der Waals surface area contributed by atoms with Crippen molar-refractivity contribution in [3.05, 3.63) is 65.5 Å². The molecule has 1 aromatic heterocycles. The monoisotopic (exact) mass is 334 g/mol. The standard InChI is InChI=1S/C19H18N4O2/c1-13(15-6-4-8-17(24)10-15)23(2)12-18-21-22-19(25-18)16-7-3-5-14(9-16)11-20/h3-10,13,24H,12H2,1-2H3. The quantitative estimate of drug-likeness (QED) is 0.768. The molecule has 126 valence electrons. The molecule has 0 aliphatic heterocycles. The largest absolute Gasteiger partial charge is 0.508 e. The van der Waals surface area contributed by atoms with Gasteiger partial charge in [-0.25, -0.2) is 0 Å². The zero-order valence-electron chi connectivity index (χ0n) is 14.0. The zero-order chi connectivity index (χ0) is 17.8. The highest BCUT2D eigenvalue weighted by Crippen LogP contribution is 2.24. The van der Waals surface area contributed by atoms with Gasteiger partial charge in [-0.1, -0.05) is 18.2 Å². The minimum atomic E-state index is 0.0735. The third-order valence-electron chi connectivity index (χ3n) is 4.10. The van der Waals surface area contributed by atoms with Crippen LogP contribution in [0, 0.1) is 11.3 Å². The van der Waals surface area contributed by atoms with E-state index in [-0.39, 0.29) is 11.8 Å². The third kappa shape index (κ3) is 3.84. The first-order chi connectivity index (χ1) is 12.1. The summed E-state index contributed by atoms with van der Waals surface area (Å²) in [5, 5.41) is 26.8. The third-order valence-corrected chi connectivity index (χ3v) is 4.10. The number of aromatic nitrogens is 2. The van der Waals surface area contributed by atoms with Gasteiger partial charge in [0.1, 0.15) is 5.75 Å². The van der Waals surface area contributed by atoms with Crippen molar-refractivity contribution in [1.29, 1.82) is 5.26 Å². The molecule has 6 nitrogen and oxygen atoms in total. The maximum atomic E-state index is 9.62. The van der Waals surface area contributed by atoms with Gasteiger partial charge in [-0.05, 0) is 49.9 Å². The van der Waals surface area contributed by atoms with Gasteiger partial charge in [-0.2, -0.15) is 5.26 Å². The Labute approximate surface area is 146 Å². The highest BCUT2D eigenvalue weighted by Gasteiger charge is 2.16. The van der Waals surface area contributed by atoms with Gasteiger partial charge in [0.25, 0.3) is 0 Å². The minimum absolute atomic E-state index is 0.0735. The first-order valence-electron chi connectivity index (χ1n) is 7.89. The van der Waals surface area contributed by atoms with E-state index in [0.29, 0.717) is 23.9 Å². The average Bonchev–Trinajstić information content (AvgIpc) is 3.09. The van der Waals surface area contributed by atoms with Crippen LogP contribution in [-0.4, -0.2) is 27.3 Å². The highest BCUT2D eigenvalue weighted by molar-refractivity contribution is 5.55. The summed E-state index contributed by atoms with van der Waals surface area (Å²) in [6.45, 7) is 2.52. The van der Waals surface area contributed by atoms with Crippen molar-refractivity contribution in [2.75, 3.05) is 7.05 Å². The van der Waals surface area contributed by atoms with Gasteiger partial charge < -0.3 is 9.52 Å². The van der Waals surface area contributed by atoms with Gasteiger partial charge in [0.2, 0.25) is 11.8 Å². The second-order valence-corrected chi connectivity index (χ2v) is 5.88. The fraction of sp³-hybridized carbons (Fsp3) is 0.211. The van der Waals surface area contributed by atoms with Crippen LogP contribution >= 0.6 is 0 Å². The number of benzene rings is 2. The lowest BCUT2D eigenvalue weighted by molar-refractivity contribution is 0.228. The molecule has 0 saturated heterocycles. The summed E-state index contributed by atoms with van der Waals surface area (Å²) in [4.78, 5) is 2.05. The van der Waals surface area contributed by atoms with E-state index in [9.17, 15) is 5.11 Å². The second-order valence-electron chi connectivity index (χ2n) is 5.88. The molecule has 0 aliphatic carbocycles. The minimum Gasteiger partial charge on any atom is -0.508 e. The van der Waals surface area contributed by atoms with Crippen LogP contribution in [0.25, 0.3) is 11.5 Å². The number of aromatic hydroxyl groups is 1. The Bertz CT molecular complexity index is 914. The van der Waals surface area contributed by atoms with E-state index in [1.54, 1.807) is 30.3 Å². The summed E-state index contributed by atoms with van der Waals surface area (Å²) < 4.78 is 5.73. The average molecular weight is 334 g/mol. The van der Waals surface area contributed by atoms with E-state index in [2.05, 4.69) is 21.2 Å². The zero-order valence-corrected chi connectivity index (χ0v) is 14.0. The molecule has 1 N–H and O–H groups in total. The van der Waals surface area contributed by atoms with E-state index in [1.165, 1.54) is 0 Å². The first kappa shape index (κ1) is 16.7. The van der Waals surface area contributed by atoms with Crippen LogP contribution in [-0.2, 0) is 6.54 Å². The van der Waals surface area contributed by atoms with Crippen molar-refractivity contribution in [2.24, 2.45) is 0 Å². The summed E-state index contributed by atoms with van der Waals surface area (Å²) in [6.07, 6.45) is 0. The summed E-state index contributed by atoms with van der Waals surface area (Å²) in [7, 11) is 1.95. The summed E-state index contributed by atoms with van der Waals surface area (Å²) >= 11 is 0. The molecule has 25 heavy (non-hydrogen) atoms. The van der Waals surface area contributed by atoms with E-state index in [0.717, 1.165) is 11.1 Å². The molecule has 0 aliphatic rings. The Hall–Kier alpha value is -3.17. The van der Waals surface area contributed by atoms with Gasteiger partial charge in [-0.3, -0.25) is 4.90 Å². The van der Waals surface area contributed by atoms with Crippen LogP contribution in [0.5, 0.6) is 5.75 Å². The van der Waals surface area contributed by atoms with Crippen LogP contribution in [0.4, 0.5) is 0 Å². The second kappa shape index (κ2) is 7.16. The fourth-order valence-electron chi connectivity index (χ4n) is 2.55. The lowest BCUT2D eigenvalue weighted by Gasteiger charge is -2.23. The highest BCUT2D eigenvalue weighted by atomic mass is 16.4. The Morgan fingerprint density at radius 3 is 2.76 bits per heavy atom. The number of phenols is 1. The topological polar surface area (TPSA) is 86.2 Å². The number of rotatable bonds is 5. The van der Waals surface area contributed by atoms with Crippen LogP contribution in [0.1, 0.15) is 30.0 Å². The molecule has 0 bridgehead atoms. The molecule has 0 saturated carbocycles. The van der Waals surface area contributed by atoms with Gasteiger partial charge in [0.05, 0.1) is 18.2 Å². The van der Waals surface area contributed by atoms with E-state index >= 15 is 0 Å². The van der Waals surface area contributed by atoms with Crippen LogP contribution in [0.2, 0.25) is 0 Å². The Morgan fingerprint density at radius 1 is 1.20 bits per heavy atom. The Kier molecular flexibility index (Phi) is 4.78. The molecule has 1 unspecified atom stereocenters. The molecule has 0 spiro atoms. The lowest BCUT2D eigenvalue weighted by atomic mass is 10.1. The van der Waals surface area contributed by atoms with Crippen molar-refractivity contribution >= 4 is 0 Å². The molecule has 6 heteroatoms. The Morgan fingerprint density at radius 2 is 2.00 bits per heavy atom. The predicted octanol–water partition coefficient (Wildman–Crippen LogP) is 3.51. The lowest BCUT2D eigenvalue weighted by Crippen LogP contribution is -2.22. The molecule has 0 amide bonds. The maximum Gasteiger partial charge on any atom is 0.247 e. The van der Waals surface area contributed by atoms with Crippen molar-refractivity contribution in [3.63, 3.8) is 0 Å². The molecule has 2 aromatic carbocycles. The predicted molar refractivity (Wildman–Crippen MR) is 92.4 cm³/mol. The molecular formula is C19H18N4O2. The van der Waals surface area contributed by atoms with Gasteiger partial charge in [0, 0.05) is 11.6 Å². The van der Waals surface area contributed by atoms with Crippen molar-refractivity contribution in [1.82, 2.24) is 15.1 Å². The number of hydrogen-bond acceptors (Lipinski definition) is 6. The van der Waals surface area contributed by atoms with Gasteiger partial charge in [0.15, 0.2) is 0 Å². The molecule has 1 atom stereocenters. The van der Waals surface area contributed by atoms with Crippen molar-refractivity contribution in [2.45, 2.75) is 19.5 Å². The number of nitrogens with zero attached hydrogens (tertiary/aromatic N) is 4. The van der Waals surface area contributed by atoms with Crippen LogP contribution < -0.4 is 0 Å². The SMILES string of the molecule is CC(c1cccc(O)c1)N(C)Cc1nnc(-c2cccc(C#N)c2)o1. The summed E-state index contributed by atoms with van der Waals surface area (Å²) in [6, 6.07) is 16.4. The Balaban J connectivity index is 1.73. The summed E-state index contributed by atoms with van der Waals surface area (Å²) in [5.41, 5.74) is 2.28. The molecule has 0 fully saturated rings.